The maximum atomic E-state index is 12.7. The number of benzene rings is 1. The first-order chi connectivity index (χ1) is 12.6. The van der Waals surface area contributed by atoms with Gasteiger partial charge in [-0.15, -0.1) is 10.2 Å². The van der Waals surface area contributed by atoms with Crippen LogP contribution in [0.5, 0.6) is 0 Å². The molecule has 2 N–H and O–H groups in total. The molecule has 1 aliphatic rings. The molecule has 1 aromatic carbocycles. The van der Waals surface area contributed by atoms with Crippen LogP contribution in [0.1, 0.15) is 52.5 Å². The highest BCUT2D eigenvalue weighted by Gasteiger charge is 2.16. The van der Waals surface area contributed by atoms with E-state index in [2.05, 4.69) is 38.1 Å². The Morgan fingerprint density at radius 2 is 2.12 bits per heavy atom. The fraction of sp³-hybridized carbons (Fsp3) is 0.450. The molecule has 0 fully saturated rings. The van der Waals surface area contributed by atoms with E-state index in [1.165, 1.54) is 24.8 Å². The molecule has 0 atom stereocenters. The minimum Gasteiger partial charge on any atom is -0.358 e. The molecule has 136 valence electrons. The standard InChI is InChI=1S/C20H25N5O/c1-13-14(2)22-19-15(13)7-6-8-16(19)20(26)21-11-10-18-24-23-17-9-4-3-5-12-25(17)18/h6-8,22H,3-5,9-12H2,1-2H3,(H,21,26). The molecule has 6 nitrogen and oxygen atoms in total. The minimum atomic E-state index is -0.0487. The van der Waals surface area contributed by atoms with Crippen LogP contribution in [0.4, 0.5) is 0 Å². The summed E-state index contributed by atoms with van der Waals surface area (Å²) in [6, 6.07) is 5.86. The summed E-state index contributed by atoms with van der Waals surface area (Å²) in [6.45, 7) is 5.67. The van der Waals surface area contributed by atoms with Crippen LogP contribution in [-0.2, 0) is 19.4 Å². The van der Waals surface area contributed by atoms with Crippen molar-refractivity contribution in [3.8, 4) is 0 Å². The Morgan fingerprint density at radius 3 is 3.00 bits per heavy atom. The first kappa shape index (κ1) is 16.8. The van der Waals surface area contributed by atoms with Gasteiger partial charge < -0.3 is 14.9 Å². The molecule has 3 aromatic rings. The van der Waals surface area contributed by atoms with Crippen LogP contribution in [0.25, 0.3) is 10.9 Å². The minimum absolute atomic E-state index is 0.0487. The molecule has 26 heavy (non-hydrogen) atoms. The second-order valence-corrected chi connectivity index (χ2v) is 7.10. The number of hydrogen-bond donors (Lipinski definition) is 2. The summed E-state index contributed by atoms with van der Waals surface area (Å²) in [5.41, 5.74) is 3.90. The van der Waals surface area contributed by atoms with Crippen molar-refractivity contribution in [1.82, 2.24) is 25.1 Å². The number of carbonyl (C=O) groups excluding carboxylic acids is 1. The smallest absolute Gasteiger partial charge is 0.253 e. The van der Waals surface area contributed by atoms with E-state index in [-0.39, 0.29) is 5.91 Å². The zero-order valence-electron chi connectivity index (χ0n) is 15.4. The molecule has 1 aliphatic heterocycles. The average molecular weight is 351 g/mol. The second kappa shape index (κ2) is 6.94. The average Bonchev–Trinajstić information content (AvgIpc) is 3.05. The number of aromatic amines is 1. The maximum Gasteiger partial charge on any atom is 0.253 e. The third-order valence-corrected chi connectivity index (χ3v) is 5.41. The number of aryl methyl sites for hydroxylation is 3. The zero-order valence-corrected chi connectivity index (χ0v) is 15.4. The molecule has 3 heterocycles. The Labute approximate surface area is 153 Å². The van der Waals surface area contributed by atoms with E-state index >= 15 is 0 Å². The van der Waals surface area contributed by atoms with Crippen molar-refractivity contribution in [2.75, 3.05) is 6.54 Å². The van der Waals surface area contributed by atoms with Crippen molar-refractivity contribution in [2.24, 2.45) is 0 Å². The second-order valence-electron chi connectivity index (χ2n) is 7.10. The summed E-state index contributed by atoms with van der Waals surface area (Å²) < 4.78 is 2.23. The van der Waals surface area contributed by atoms with Gasteiger partial charge in [-0.05, 0) is 38.3 Å². The molecule has 2 aromatic heterocycles. The molecule has 0 aliphatic carbocycles. The number of para-hydroxylation sites is 1. The predicted molar refractivity (Wildman–Crippen MR) is 101 cm³/mol. The number of rotatable bonds is 4. The van der Waals surface area contributed by atoms with Crippen molar-refractivity contribution in [3.63, 3.8) is 0 Å². The van der Waals surface area contributed by atoms with Gasteiger partial charge in [0, 0.05) is 37.0 Å². The SMILES string of the molecule is Cc1[nH]c2c(C(=O)NCCc3nnc4n3CCCCC4)cccc2c1C. The van der Waals surface area contributed by atoms with Crippen LogP contribution in [0.15, 0.2) is 18.2 Å². The normalized spacial score (nSPS) is 14.2. The fourth-order valence-electron chi connectivity index (χ4n) is 3.79. The van der Waals surface area contributed by atoms with Gasteiger partial charge in [-0.1, -0.05) is 18.6 Å². The molecule has 0 radical (unpaired) electrons. The summed E-state index contributed by atoms with van der Waals surface area (Å²) in [6.07, 6.45) is 5.33. The Bertz CT molecular complexity index is 953. The van der Waals surface area contributed by atoms with E-state index < -0.39 is 0 Å². The first-order valence-corrected chi connectivity index (χ1v) is 9.42. The quantitative estimate of drug-likeness (QED) is 0.758. The first-order valence-electron chi connectivity index (χ1n) is 9.42. The topological polar surface area (TPSA) is 75.6 Å². The number of aromatic nitrogens is 4. The summed E-state index contributed by atoms with van der Waals surface area (Å²) >= 11 is 0. The Balaban J connectivity index is 1.45. The lowest BCUT2D eigenvalue weighted by Crippen LogP contribution is -2.26. The third-order valence-electron chi connectivity index (χ3n) is 5.41. The number of nitrogens with one attached hydrogen (secondary N) is 2. The Morgan fingerprint density at radius 1 is 1.23 bits per heavy atom. The molecule has 0 saturated carbocycles. The fourth-order valence-corrected chi connectivity index (χ4v) is 3.79. The van der Waals surface area contributed by atoms with Gasteiger partial charge in [0.15, 0.2) is 0 Å². The number of H-pyrrole nitrogens is 1. The van der Waals surface area contributed by atoms with Crippen molar-refractivity contribution < 1.29 is 4.79 Å². The van der Waals surface area contributed by atoms with Gasteiger partial charge in [0.1, 0.15) is 11.6 Å². The van der Waals surface area contributed by atoms with E-state index in [1.807, 2.05) is 19.1 Å². The highest BCUT2D eigenvalue weighted by Crippen LogP contribution is 2.24. The molecule has 0 bridgehead atoms. The number of carbonyl (C=O) groups is 1. The molecule has 0 saturated heterocycles. The molecule has 0 spiro atoms. The summed E-state index contributed by atoms with van der Waals surface area (Å²) in [5.74, 6) is 2.02. The van der Waals surface area contributed by atoms with Crippen LogP contribution in [0, 0.1) is 13.8 Å². The highest BCUT2D eigenvalue weighted by molar-refractivity contribution is 6.06. The lowest BCUT2D eigenvalue weighted by molar-refractivity contribution is 0.0955. The van der Waals surface area contributed by atoms with Gasteiger partial charge in [-0.25, -0.2) is 0 Å². The van der Waals surface area contributed by atoms with Crippen molar-refractivity contribution >= 4 is 16.8 Å². The summed E-state index contributed by atoms with van der Waals surface area (Å²) in [5, 5.41) is 12.8. The van der Waals surface area contributed by atoms with E-state index in [1.54, 1.807) is 0 Å². The van der Waals surface area contributed by atoms with Crippen LogP contribution in [0.3, 0.4) is 0 Å². The lowest BCUT2D eigenvalue weighted by atomic mass is 10.1. The van der Waals surface area contributed by atoms with Gasteiger partial charge in [0.2, 0.25) is 0 Å². The van der Waals surface area contributed by atoms with Crippen LogP contribution in [0.2, 0.25) is 0 Å². The molecule has 6 heteroatoms. The van der Waals surface area contributed by atoms with Gasteiger partial charge in [0.05, 0.1) is 11.1 Å². The Kier molecular flexibility index (Phi) is 4.49. The van der Waals surface area contributed by atoms with Gasteiger partial charge in [-0.2, -0.15) is 0 Å². The maximum absolute atomic E-state index is 12.7. The van der Waals surface area contributed by atoms with Crippen molar-refractivity contribution in [1.29, 1.82) is 0 Å². The van der Waals surface area contributed by atoms with Gasteiger partial charge >= 0.3 is 0 Å². The Hall–Kier alpha value is -2.63. The van der Waals surface area contributed by atoms with E-state index in [0.29, 0.717) is 18.5 Å². The number of hydrogen-bond acceptors (Lipinski definition) is 3. The molecule has 4 rings (SSSR count). The summed E-state index contributed by atoms with van der Waals surface area (Å²) in [4.78, 5) is 16.0. The monoisotopic (exact) mass is 351 g/mol. The van der Waals surface area contributed by atoms with Crippen LogP contribution < -0.4 is 5.32 Å². The number of amides is 1. The van der Waals surface area contributed by atoms with Crippen LogP contribution >= 0.6 is 0 Å². The molecular weight excluding hydrogens is 326 g/mol. The number of fused-ring (bicyclic) bond motifs is 2. The van der Waals surface area contributed by atoms with Gasteiger partial charge in [0.25, 0.3) is 5.91 Å². The predicted octanol–water partition coefficient (Wildman–Crippen LogP) is 3.08. The van der Waals surface area contributed by atoms with E-state index in [0.717, 1.165) is 41.2 Å². The molecular formula is C20H25N5O. The molecule has 0 unspecified atom stereocenters. The van der Waals surface area contributed by atoms with Crippen LogP contribution in [-0.4, -0.2) is 32.2 Å². The number of nitrogens with zero attached hydrogens (tertiary/aromatic N) is 3. The van der Waals surface area contributed by atoms with Gasteiger partial charge in [-0.3, -0.25) is 4.79 Å². The highest BCUT2D eigenvalue weighted by atomic mass is 16.1. The van der Waals surface area contributed by atoms with E-state index in [4.69, 9.17) is 0 Å². The van der Waals surface area contributed by atoms with E-state index in [9.17, 15) is 4.79 Å². The lowest BCUT2D eigenvalue weighted by Gasteiger charge is -2.08. The molecule has 1 amide bonds. The van der Waals surface area contributed by atoms with Crippen molar-refractivity contribution in [2.45, 2.75) is 52.5 Å². The zero-order chi connectivity index (χ0) is 18.1. The largest absolute Gasteiger partial charge is 0.358 e. The summed E-state index contributed by atoms with van der Waals surface area (Å²) in [7, 11) is 0. The van der Waals surface area contributed by atoms with Crippen molar-refractivity contribution in [3.05, 3.63) is 46.7 Å². The third kappa shape index (κ3) is 3.00.